The van der Waals surface area contributed by atoms with Gasteiger partial charge in [-0.25, -0.2) is 9.48 Å². The molecule has 3 aromatic rings. The molecule has 0 aliphatic rings. The first-order chi connectivity index (χ1) is 12.5. The third kappa shape index (κ3) is 3.89. The summed E-state index contributed by atoms with van der Waals surface area (Å²) in [6.07, 6.45) is 0. The molecule has 0 unspecified atom stereocenters. The van der Waals surface area contributed by atoms with Crippen LogP contribution < -0.4 is 9.47 Å². The summed E-state index contributed by atoms with van der Waals surface area (Å²) in [5, 5.41) is 17.6. The van der Waals surface area contributed by atoms with E-state index in [1.807, 2.05) is 12.1 Å². The molecule has 2 aromatic carbocycles. The fraction of sp³-hybridized carbons (Fsp3) is 0.118. The maximum Gasteiger partial charge on any atom is 0.362 e. The number of carboxylic acid groups (broad SMARTS) is 1. The van der Waals surface area contributed by atoms with Crippen molar-refractivity contribution in [1.29, 1.82) is 0 Å². The van der Waals surface area contributed by atoms with Gasteiger partial charge in [0, 0.05) is 11.1 Å². The molecular weight excluding hydrogens is 381 g/mol. The van der Waals surface area contributed by atoms with E-state index in [0.29, 0.717) is 10.8 Å². The Balaban J connectivity index is 1.95. The Morgan fingerprint density at radius 2 is 1.92 bits per heavy atom. The summed E-state index contributed by atoms with van der Waals surface area (Å²) in [5.74, 6) is -0.391. The van der Waals surface area contributed by atoms with Gasteiger partial charge in [-0.15, -0.1) is 5.10 Å². The SMILES string of the molecule is COc1ccc(Cn2nnc(C(=O)O)c2Oc2cc(Cl)ccc2Cl)cc1. The summed E-state index contributed by atoms with van der Waals surface area (Å²) in [7, 11) is 1.58. The number of benzene rings is 2. The molecule has 0 radical (unpaired) electrons. The van der Waals surface area contributed by atoms with Crippen molar-refractivity contribution in [2.45, 2.75) is 6.54 Å². The number of aromatic carboxylic acids is 1. The van der Waals surface area contributed by atoms with E-state index in [-0.39, 0.29) is 28.9 Å². The van der Waals surface area contributed by atoms with Gasteiger partial charge in [0.1, 0.15) is 11.5 Å². The van der Waals surface area contributed by atoms with Gasteiger partial charge in [-0.05, 0) is 29.8 Å². The summed E-state index contributed by atoms with van der Waals surface area (Å²) in [6, 6.07) is 11.9. The Labute approximate surface area is 158 Å². The molecule has 134 valence electrons. The third-order valence-electron chi connectivity index (χ3n) is 3.48. The largest absolute Gasteiger partial charge is 0.497 e. The molecule has 0 saturated carbocycles. The van der Waals surface area contributed by atoms with Crippen molar-refractivity contribution in [3.8, 4) is 17.4 Å². The molecular formula is C17H13Cl2N3O4. The van der Waals surface area contributed by atoms with Crippen molar-refractivity contribution < 1.29 is 19.4 Å². The van der Waals surface area contributed by atoms with Gasteiger partial charge >= 0.3 is 5.97 Å². The molecule has 0 atom stereocenters. The van der Waals surface area contributed by atoms with Crippen LogP contribution in [0.3, 0.4) is 0 Å². The van der Waals surface area contributed by atoms with E-state index < -0.39 is 5.97 Å². The number of nitrogens with zero attached hydrogens (tertiary/aromatic N) is 3. The van der Waals surface area contributed by atoms with E-state index >= 15 is 0 Å². The predicted octanol–water partition coefficient (Wildman–Crippen LogP) is 4.13. The molecule has 1 heterocycles. The number of hydrogen-bond donors (Lipinski definition) is 1. The summed E-state index contributed by atoms with van der Waals surface area (Å²) in [4.78, 5) is 11.4. The standard InChI is InChI=1S/C17H13Cl2N3O4/c1-25-12-5-2-10(3-6-12)9-22-16(15(17(23)24)20-21-22)26-14-8-11(18)4-7-13(14)19/h2-8H,9H2,1H3,(H,23,24). The zero-order valence-electron chi connectivity index (χ0n) is 13.5. The number of carbonyl (C=O) groups is 1. The molecule has 0 amide bonds. The van der Waals surface area contributed by atoms with Gasteiger partial charge in [0.2, 0.25) is 5.69 Å². The van der Waals surface area contributed by atoms with E-state index in [1.54, 1.807) is 31.4 Å². The van der Waals surface area contributed by atoms with Crippen LogP contribution in [0.1, 0.15) is 16.1 Å². The van der Waals surface area contributed by atoms with Gasteiger partial charge in [0.05, 0.1) is 18.7 Å². The van der Waals surface area contributed by atoms with Crippen LogP contribution >= 0.6 is 23.2 Å². The van der Waals surface area contributed by atoms with Crippen molar-refractivity contribution >= 4 is 29.2 Å². The van der Waals surface area contributed by atoms with Gasteiger partial charge < -0.3 is 14.6 Å². The Morgan fingerprint density at radius 3 is 2.58 bits per heavy atom. The number of ether oxygens (including phenoxy) is 2. The molecule has 0 saturated heterocycles. The second kappa shape index (κ2) is 7.63. The molecule has 0 fully saturated rings. The summed E-state index contributed by atoms with van der Waals surface area (Å²) in [6.45, 7) is 0.248. The third-order valence-corrected chi connectivity index (χ3v) is 4.03. The Kier molecular flexibility index (Phi) is 5.29. The highest BCUT2D eigenvalue weighted by molar-refractivity contribution is 6.34. The van der Waals surface area contributed by atoms with Crippen LogP contribution in [0.25, 0.3) is 0 Å². The lowest BCUT2D eigenvalue weighted by Gasteiger charge is -2.11. The van der Waals surface area contributed by atoms with Gasteiger partial charge in [-0.3, -0.25) is 0 Å². The van der Waals surface area contributed by atoms with Crippen molar-refractivity contribution in [2.75, 3.05) is 7.11 Å². The normalized spacial score (nSPS) is 10.6. The first-order valence-corrected chi connectivity index (χ1v) is 8.16. The molecule has 3 rings (SSSR count). The molecule has 9 heteroatoms. The quantitative estimate of drug-likeness (QED) is 0.677. The maximum atomic E-state index is 11.4. The minimum Gasteiger partial charge on any atom is -0.497 e. The number of methoxy groups -OCH3 is 1. The van der Waals surface area contributed by atoms with Crippen molar-refractivity contribution in [3.63, 3.8) is 0 Å². The molecule has 0 spiro atoms. The van der Waals surface area contributed by atoms with Crippen LogP contribution in [0, 0.1) is 0 Å². The molecule has 26 heavy (non-hydrogen) atoms. The van der Waals surface area contributed by atoms with Gasteiger partial charge in [0.15, 0.2) is 0 Å². The van der Waals surface area contributed by atoms with Gasteiger partial charge in [0.25, 0.3) is 5.88 Å². The molecule has 7 nitrogen and oxygen atoms in total. The first-order valence-electron chi connectivity index (χ1n) is 7.40. The zero-order chi connectivity index (χ0) is 18.7. The highest BCUT2D eigenvalue weighted by Crippen LogP contribution is 2.33. The van der Waals surface area contributed by atoms with Gasteiger partial charge in [-0.2, -0.15) is 0 Å². The van der Waals surface area contributed by atoms with Crippen LogP contribution in [0.4, 0.5) is 0 Å². The van der Waals surface area contributed by atoms with Gasteiger partial charge in [-0.1, -0.05) is 40.5 Å². The summed E-state index contributed by atoms with van der Waals surface area (Å²) < 4.78 is 12.1. The number of rotatable bonds is 6. The molecule has 0 aliphatic carbocycles. The first kappa shape index (κ1) is 18.0. The second-order valence-electron chi connectivity index (χ2n) is 5.23. The molecule has 0 aliphatic heterocycles. The lowest BCUT2D eigenvalue weighted by Crippen LogP contribution is -2.06. The van der Waals surface area contributed by atoms with Crippen molar-refractivity contribution in [2.24, 2.45) is 0 Å². The highest BCUT2D eigenvalue weighted by Gasteiger charge is 2.22. The van der Waals surface area contributed by atoms with Crippen LogP contribution in [-0.2, 0) is 6.54 Å². The monoisotopic (exact) mass is 393 g/mol. The van der Waals surface area contributed by atoms with Crippen LogP contribution in [-0.4, -0.2) is 33.2 Å². The van der Waals surface area contributed by atoms with E-state index in [9.17, 15) is 9.90 Å². The average Bonchev–Trinajstić information content (AvgIpc) is 3.01. The van der Waals surface area contributed by atoms with Crippen LogP contribution in [0.5, 0.6) is 17.4 Å². The van der Waals surface area contributed by atoms with Crippen molar-refractivity contribution in [3.05, 3.63) is 63.8 Å². The number of hydrogen-bond acceptors (Lipinski definition) is 5. The second-order valence-corrected chi connectivity index (χ2v) is 6.07. The topological polar surface area (TPSA) is 86.5 Å². The lowest BCUT2D eigenvalue weighted by molar-refractivity contribution is 0.0687. The fourth-order valence-corrected chi connectivity index (χ4v) is 2.52. The highest BCUT2D eigenvalue weighted by atomic mass is 35.5. The number of halogens is 2. The Hall–Kier alpha value is -2.77. The van der Waals surface area contributed by atoms with Crippen LogP contribution in [0.2, 0.25) is 10.0 Å². The summed E-state index contributed by atoms with van der Waals surface area (Å²) in [5.41, 5.74) is 0.532. The average molecular weight is 394 g/mol. The molecule has 1 N–H and O–H groups in total. The van der Waals surface area contributed by atoms with E-state index in [1.165, 1.54) is 10.7 Å². The number of carboxylic acids is 1. The maximum absolute atomic E-state index is 11.4. The van der Waals surface area contributed by atoms with E-state index in [4.69, 9.17) is 32.7 Å². The lowest BCUT2D eigenvalue weighted by atomic mass is 10.2. The smallest absolute Gasteiger partial charge is 0.362 e. The van der Waals surface area contributed by atoms with Crippen molar-refractivity contribution in [1.82, 2.24) is 15.0 Å². The Morgan fingerprint density at radius 1 is 1.19 bits per heavy atom. The number of aromatic nitrogens is 3. The predicted molar refractivity (Wildman–Crippen MR) is 95.6 cm³/mol. The fourth-order valence-electron chi connectivity index (χ4n) is 2.21. The Bertz CT molecular complexity index is 942. The van der Waals surface area contributed by atoms with E-state index in [0.717, 1.165) is 5.56 Å². The minimum atomic E-state index is -1.26. The van der Waals surface area contributed by atoms with E-state index in [2.05, 4.69) is 10.3 Å². The zero-order valence-corrected chi connectivity index (χ0v) is 15.0. The summed E-state index contributed by atoms with van der Waals surface area (Å²) >= 11 is 12.0. The van der Waals surface area contributed by atoms with Crippen LogP contribution in [0.15, 0.2) is 42.5 Å². The minimum absolute atomic E-state index is 0.0440. The molecule has 0 bridgehead atoms. The molecule has 1 aromatic heterocycles.